The normalized spacial score (nSPS) is 12.5. The minimum absolute atomic E-state index is 0.0667. The van der Waals surface area contributed by atoms with E-state index in [0.29, 0.717) is 22.7 Å². The number of hydrogen-bond donors (Lipinski definition) is 3. The molecular formula is C24H26N4O3. The van der Waals surface area contributed by atoms with Gasteiger partial charge in [0.25, 0.3) is 5.91 Å². The predicted molar refractivity (Wildman–Crippen MR) is 121 cm³/mol. The average molecular weight is 418 g/mol. The van der Waals surface area contributed by atoms with Gasteiger partial charge in [0.2, 0.25) is 5.91 Å². The van der Waals surface area contributed by atoms with Crippen molar-refractivity contribution in [3.63, 3.8) is 0 Å². The number of carbonyl (C=O) groups excluding carboxylic acids is 2. The van der Waals surface area contributed by atoms with Crippen LogP contribution >= 0.6 is 0 Å². The van der Waals surface area contributed by atoms with Gasteiger partial charge < -0.3 is 15.4 Å². The van der Waals surface area contributed by atoms with Crippen LogP contribution in [0.15, 0.2) is 72.9 Å². The highest BCUT2D eigenvalue weighted by atomic mass is 16.5. The zero-order valence-corrected chi connectivity index (χ0v) is 17.8. The Labute approximate surface area is 181 Å². The second-order valence-electron chi connectivity index (χ2n) is 7.09. The number of rotatable bonds is 8. The van der Waals surface area contributed by atoms with Crippen LogP contribution in [0.1, 0.15) is 35.9 Å². The quantitative estimate of drug-likeness (QED) is 0.514. The lowest BCUT2D eigenvalue weighted by atomic mass is 10.1. The Kier molecular flexibility index (Phi) is 7.35. The molecule has 0 aliphatic carbocycles. The zero-order valence-electron chi connectivity index (χ0n) is 17.8. The Hall–Kier alpha value is -3.71. The van der Waals surface area contributed by atoms with Crippen LogP contribution in [0, 0.1) is 0 Å². The SMILES string of the molecule is COc1ccccc1NC(=O)c1ccc(NC(=O)C(C)NC(C)c2ccccn2)cc1. The standard InChI is InChI=1S/C24H26N4O3/c1-16(20-8-6-7-15-25-20)26-17(2)23(29)27-19-13-11-18(12-14-19)24(30)28-21-9-4-5-10-22(21)31-3/h4-17,26H,1-3H3,(H,27,29)(H,28,30). The summed E-state index contributed by atoms with van der Waals surface area (Å²) < 4.78 is 5.25. The first kappa shape index (κ1) is 22.0. The van der Waals surface area contributed by atoms with E-state index in [4.69, 9.17) is 4.74 Å². The molecule has 160 valence electrons. The topological polar surface area (TPSA) is 92.4 Å². The molecule has 3 rings (SSSR count). The van der Waals surface area contributed by atoms with Gasteiger partial charge in [0.1, 0.15) is 5.75 Å². The number of pyridine rings is 1. The van der Waals surface area contributed by atoms with Crippen LogP contribution in [0.5, 0.6) is 5.75 Å². The van der Waals surface area contributed by atoms with Gasteiger partial charge in [-0.25, -0.2) is 0 Å². The molecule has 0 radical (unpaired) electrons. The van der Waals surface area contributed by atoms with E-state index in [9.17, 15) is 9.59 Å². The zero-order chi connectivity index (χ0) is 22.2. The van der Waals surface area contributed by atoms with E-state index in [2.05, 4.69) is 20.9 Å². The molecule has 1 heterocycles. The summed E-state index contributed by atoms with van der Waals surface area (Å²) in [6.45, 7) is 3.76. The van der Waals surface area contributed by atoms with Crippen LogP contribution in [0.4, 0.5) is 11.4 Å². The van der Waals surface area contributed by atoms with E-state index in [1.54, 1.807) is 56.6 Å². The summed E-state index contributed by atoms with van der Waals surface area (Å²) in [7, 11) is 1.55. The second-order valence-corrected chi connectivity index (χ2v) is 7.09. The molecule has 3 aromatic rings. The highest BCUT2D eigenvalue weighted by Crippen LogP contribution is 2.24. The fraction of sp³-hybridized carbons (Fsp3) is 0.208. The van der Waals surface area contributed by atoms with Crippen molar-refractivity contribution >= 4 is 23.2 Å². The molecule has 0 spiro atoms. The number of nitrogens with one attached hydrogen (secondary N) is 3. The summed E-state index contributed by atoms with van der Waals surface area (Å²) in [6, 6.07) is 19.1. The summed E-state index contributed by atoms with van der Waals surface area (Å²) in [5.41, 5.74) is 2.54. The van der Waals surface area contributed by atoms with Gasteiger partial charge in [-0.15, -0.1) is 0 Å². The molecule has 1 aromatic heterocycles. The van der Waals surface area contributed by atoms with Crippen molar-refractivity contribution in [2.24, 2.45) is 0 Å². The van der Waals surface area contributed by atoms with Gasteiger partial charge in [0, 0.05) is 23.5 Å². The minimum atomic E-state index is -0.425. The summed E-state index contributed by atoms with van der Waals surface area (Å²) in [5, 5.41) is 8.92. The van der Waals surface area contributed by atoms with Gasteiger partial charge in [-0.1, -0.05) is 18.2 Å². The number of hydrogen-bond acceptors (Lipinski definition) is 5. The maximum Gasteiger partial charge on any atom is 0.255 e. The summed E-state index contributed by atoms with van der Waals surface area (Å²) in [6.07, 6.45) is 1.73. The number of aromatic nitrogens is 1. The van der Waals surface area contributed by atoms with Gasteiger partial charge >= 0.3 is 0 Å². The predicted octanol–water partition coefficient (Wildman–Crippen LogP) is 4.02. The second kappa shape index (κ2) is 10.4. The molecule has 7 heteroatoms. The third kappa shape index (κ3) is 5.90. The first-order valence-electron chi connectivity index (χ1n) is 10.00. The van der Waals surface area contributed by atoms with E-state index in [1.807, 2.05) is 37.3 Å². The van der Waals surface area contributed by atoms with Crippen molar-refractivity contribution in [1.82, 2.24) is 10.3 Å². The van der Waals surface area contributed by atoms with Crippen molar-refractivity contribution < 1.29 is 14.3 Å². The van der Waals surface area contributed by atoms with E-state index < -0.39 is 6.04 Å². The highest BCUT2D eigenvalue weighted by molar-refractivity contribution is 6.05. The minimum Gasteiger partial charge on any atom is -0.495 e. The molecule has 0 saturated heterocycles. The first-order chi connectivity index (χ1) is 15.0. The van der Waals surface area contributed by atoms with Crippen molar-refractivity contribution in [2.75, 3.05) is 17.7 Å². The maximum atomic E-state index is 12.5. The number of ether oxygens (including phenoxy) is 1. The van der Waals surface area contributed by atoms with Crippen LogP contribution in [0.3, 0.4) is 0 Å². The lowest BCUT2D eigenvalue weighted by Crippen LogP contribution is -2.39. The largest absolute Gasteiger partial charge is 0.495 e. The Balaban J connectivity index is 1.57. The molecule has 31 heavy (non-hydrogen) atoms. The third-order valence-electron chi connectivity index (χ3n) is 4.79. The first-order valence-corrected chi connectivity index (χ1v) is 10.00. The Bertz CT molecular complexity index is 1020. The Morgan fingerprint density at radius 3 is 2.29 bits per heavy atom. The number of anilines is 2. The van der Waals surface area contributed by atoms with Gasteiger partial charge in [-0.2, -0.15) is 0 Å². The molecule has 3 N–H and O–H groups in total. The van der Waals surface area contributed by atoms with Gasteiger partial charge in [0.15, 0.2) is 0 Å². The molecule has 0 fully saturated rings. The van der Waals surface area contributed by atoms with Gasteiger partial charge in [-0.05, 0) is 62.4 Å². The maximum absolute atomic E-state index is 12.5. The molecule has 2 atom stereocenters. The van der Waals surface area contributed by atoms with E-state index in [1.165, 1.54) is 0 Å². The fourth-order valence-electron chi connectivity index (χ4n) is 3.07. The number of carbonyl (C=O) groups is 2. The smallest absolute Gasteiger partial charge is 0.255 e. The number of methoxy groups -OCH3 is 1. The molecule has 2 aromatic carbocycles. The number of para-hydroxylation sites is 2. The van der Waals surface area contributed by atoms with Crippen molar-refractivity contribution in [3.8, 4) is 5.75 Å². The molecule has 2 unspecified atom stereocenters. The van der Waals surface area contributed by atoms with Crippen LogP contribution in [-0.2, 0) is 4.79 Å². The van der Waals surface area contributed by atoms with Crippen LogP contribution in [0.25, 0.3) is 0 Å². The van der Waals surface area contributed by atoms with Crippen molar-refractivity contribution in [3.05, 3.63) is 84.2 Å². The summed E-state index contributed by atoms with van der Waals surface area (Å²) in [4.78, 5) is 29.3. The molecule has 0 bridgehead atoms. The Morgan fingerprint density at radius 2 is 1.61 bits per heavy atom. The average Bonchev–Trinajstić information content (AvgIpc) is 2.80. The summed E-state index contributed by atoms with van der Waals surface area (Å²) in [5.74, 6) is 0.150. The number of nitrogens with zero attached hydrogens (tertiary/aromatic N) is 1. The van der Waals surface area contributed by atoms with E-state index >= 15 is 0 Å². The van der Waals surface area contributed by atoms with Crippen molar-refractivity contribution in [1.29, 1.82) is 0 Å². The Morgan fingerprint density at radius 1 is 0.903 bits per heavy atom. The molecule has 2 amide bonds. The van der Waals surface area contributed by atoms with Crippen LogP contribution < -0.4 is 20.7 Å². The molecule has 7 nitrogen and oxygen atoms in total. The summed E-state index contributed by atoms with van der Waals surface area (Å²) >= 11 is 0. The van der Waals surface area contributed by atoms with E-state index in [-0.39, 0.29) is 17.9 Å². The number of amides is 2. The third-order valence-corrected chi connectivity index (χ3v) is 4.79. The van der Waals surface area contributed by atoms with E-state index in [0.717, 1.165) is 5.69 Å². The van der Waals surface area contributed by atoms with Gasteiger partial charge in [0.05, 0.1) is 24.5 Å². The monoisotopic (exact) mass is 418 g/mol. The molecule has 0 aliphatic rings. The van der Waals surface area contributed by atoms with Gasteiger partial charge in [-0.3, -0.25) is 19.9 Å². The highest BCUT2D eigenvalue weighted by Gasteiger charge is 2.17. The molecular weight excluding hydrogens is 392 g/mol. The van der Waals surface area contributed by atoms with Crippen molar-refractivity contribution in [2.45, 2.75) is 25.9 Å². The molecule has 0 aliphatic heterocycles. The van der Waals surface area contributed by atoms with Crippen LogP contribution in [-0.4, -0.2) is 29.9 Å². The fourth-order valence-corrected chi connectivity index (χ4v) is 3.07. The lowest BCUT2D eigenvalue weighted by molar-refractivity contribution is -0.117. The molecule has 0 saturated carbocycles. The lowest BCUT2D eigenvalue weighted by Gasteiger charge is -2.19. The van der Waals surface area contributed by atoms with Crippen LogP contribution in [0.2, 0.25) is 0 Å². The number of benzene rings is 2.